The lowest BCUT2D eigenvalue weighted by Gasteiger charge is -2.34. The molecule has 1 aliphatic rings. The molecule has 1 aromatic carbocycles. The third kappa shape index (κ3) is 6.01. The number of hydrogen-bond acceptors (Lipinski definition) is 4. The lowest BCUT2D eigenvalue weighted by Crippen LogP contribution is -2.49. The molecule has 0 unspecified atom stereocenters. The minimum Gasteiger partial charge on any atom is -0.445 e. The molecule has 0 spiro atoms. The minimum atomic E-state index is -4.47. The molecule has 144 valence electrons. The van der Waals surface area contributed by atoms with Crippen LogP contribution in [0.15, 0.2) is 24.3 Å². The summed E-state index contributed by atoms with van der Waals surface area (Å²) in [6, 6.07) is 5.09. The van der Waals surface area contributed by atoms with E-state index in [4.69, 9.17) is 4.74 Å². The molecule has 1 aromatic rings. The summed E-state index contributed by atoms with van der Waals surface area (Å²) in [5.41, 5.74) is -0.838. The third-order valence-electron chi connectivity index (χ3n) is 4.35. The van der Waals surface area contributed by atoms with E-state index in [0.29, 0.717) is 32.6 Å². The summed E-state index contributed by atoms with van der Waals surface area (Å²) in [6.45, 7) is 2.81. The number of hydrogen-bond donors (Lipinski definition) is 0. The first-order chi connectivity index (χ1) is 12.4. The Hall–Kier alpha value is -2.09. The molecule has 0 radical (unpaired) electrons. The Bertz CT molecular complexity index is 600. The lowest BCUT2D eigenvalue weighted by molar-refractivity contribution is -0.138. The number of nitrogens with zero attached hydrogens (tertiary/aromatic N) is 2. The van der Waals surface area contributed by atoms with Gasteiger partial charge >= 0.3 is 12.3 Å². The topological polar surface area (TPSA) is 49.9 Å². The number of carbonyl (C=O) groups excluding carboxylic acids is 2. The van der Waals surface area contributed by atoms with E-state index in [1.54, 1.807) is 0 Å². The van der Waals surface area contributed by atoms with Crippen LogP contribution in [0.4, 0.5) is 18.0 Å². The number of piperazine rings is 1. The number of carbonyl (C=O) groups is 2. The average molecular weight is 372 g/mol. The molecular weight excluding hydrogens is 349 g/mol. The molecule has 26 heavy (non-hydrogen) atoms. The zero-order valence-corrected chi connectivity index (χ0v) is 14.5. The molecular formula is C18H23F3N2O3. The van der Waals surface area contributed by atoms with Crippen molar-refractivity contribution in [1.29, 1.82) is 0 Å². The highest BCUT2D eigenvalue weighted by atomic mass is 19.4. The van der Waals surface area contributed by atoms with Crippen molar-refractivity contribution < 1.29 is 27.5 Å². The van der Waals surface area contributed by atoms with Crippen LogP contribution in [-0.4, -0.2) is 54.9 Å². The fourth-order valence-electron chi connectivity index (χ4n) is 2.87. The number of unbranched alkanes of at least 4 members (excludes halogenated alkanes) is 2. The normalized spacial score (nSPS) is 15.7. The maximum absolute atomic E-state index is 12.9. The maximum atomic E-state index is 12.9. The summed E-state index contributed by atoms with van der Waals surface area (Å²) in [5.74, 6) is 0. The molecule has 8 heteroatoms. The van der Waals surface area contributed by atoms with Gasteiger partial charge in [-0.05, 0) is 25.5 Å². The number of rotatable bonds is 7. The molecule has 2 rings (SSSR count). The second kappa shape index (κ2) is 9.56. The summed E-state index contributed by atoms with van der Waals surface area (Å²) in [5, 5.41) is 0. The summed E-state index contributed by atoms with van der Waals surface area (Å²) in [4.78, 5) is 26.1. The average Bonchev–Trinajstić information content (AvgIpc) is 2.63. The van der Waals surface area contributed by atoms with Gasteiger partial charge < -0.3 is 14.4 Å². The van der Waals surface area contributed by atoms with Crippen molar-refractivity contribution in [3.8, 4) is 0 Å². The van der Waals surface area contributed by atoms with E-state index in [2.05, 4.69) is 4.90 Å². The first kappa shape index (κ1) is 20.2. The van der Waals surface area contributed by atoms with Gasteiger partial charge in [0.25, 0.3) is 0 Å². The predicted molar refractivity (Wildman–Crippen MR) is 89.6 cm³/mol. The molecule has 0 aromatic heterocycles. The third-order valence-corrected chi connectivity index (χ3v) is 4.35. The Morgan fingerprint density at radius 3 is 2.46 bits per heavy atom. The van der Waals surface area contributed by atoms with Crippen molar-refractivity contribution in [3.05, 3.63) is 35.4 Å². The van der Waals surface area contributed by atoms with Gasteiger partial charge in [0.2, 0.25) is 0 Å². The SMILES string of the molecule is O=CCCCCN1CCN(C(=O)OCc2ccccc2C(F)(F)F)CC1. The second-order valence-electron chi connectivity index (χ2n) is 6.20. The molecule has 0 N–H and O–H groups in total. The number of aldehydes is 1. The second-order valence-corrected chi connectivity index (χ2v) is 6.20. The lowest BCUT2D eigenvalue weighted by atomic mass is 10.1. The monoisotopic (exact) mass is 372 g/mol. The number of halogens is 3. The number of ether oxygens (including phenoxy) is 1. The zero-order chi connectivity index (χ0) is 19.0. The first-order valence-electron chi connectivity index (χ1n) is 8.64. The largest absolute Gasteiger partial charge is 0.445 e. The van der Waals surface area contributed by atoms with Crippen molar-refractivity contribution in [2.45, 2.75) is 32.0 Å². The van der Waals surface area contributed by atoms with Gasteiger partial charge in [-0.25, -0.2) is 4.79 Å². The van der Waals surface area contributed by atoms with Gasteiger partial charge in [0.15, 0.2) is 0 Å². The van der Waals surface area contributed by atoms with Crippen LogP contribution >= 0.6 is 0 Å². The standard InChI is InChI=1S/C18H23F3N2O3/c19-18(20,21)16-7-3-2-6-15(16)14-26-17(25)23-11-9-22(10-12-23)8-4-1-5-13-24/h2-3,6-7,13H,1,4-5,8-12,14H2. The minimum absolute atomic E-state index is 0.0536. The fraction of sp³-hybridized carbons (Fsp3) is 0.556. The van der Waals surface area contributed by atoms with Crippen molar-refractivity contribution in [3.63, 3.8) is 0 Å². The molecule has 0 bridgehead atoms. The van der Waals surface area contributed by atoms with Crippen LogP contribution < -0.4 is 0 Å². The number of benzene rings is 1. The van der Waals surface area contributed by atoms with Crippen molar-refractivity contribution in [2.24, 2.45) is 0 Å². The Balaban J connectivity index is 1.77. The van der Waals surface area contributed by atoms with Gasteiger partial charge in [-0.15, -0.1) is 0 Å². The van der Waals surface area contributed by atoms with Crippen molar-refractivity contribution in [2.75, 3.05) is 32.7 Å². The summed E-state index contributed by atoms with van der Waals surface area (Å²) in [7, 11) is 0. The van der Waals surface area contributed by atoms with Crippen LogP contribution in [0.1, 0.15) is 30.4 Å². The molecule has 1 saturated heterocycles. The maximum Gasteiger partial charge on any atom is 0.416 e. The highest BCUT2D eigenvalue weighted by Gasteiger charge is 2.33. The predicted octanol–water partition coefficient (Wildman–Crippen LogP) is 3.33. The van der Waals surface area contributed by atoms with Crippen molar-refractivity contribution >= 4 is 12.4 Å². The highest BCUT2D eigenvalue weighted by Crippen LogP contribution is 2.32. The van der Waals surface area contributed by atoms with Crippen LogP contribution in [0.2, 0.25) is 0 Å². The van der Waals surface area contributed by atoms with Crippen LogP contribution in [0.5, 0.6) is 0 Å². The van der Waals surface area contributed by atoms with Gasteiger partial charge in [0, 0.05) is 38.2 Å². The fourth-order valence-corrected chi connectivity index (χ4v) is 2.87. The van der Waals surface area contributed by atoms with E-state index in [-0.39, 0.29) is 5.56 Å². The molecule has 5 nitrogen and oxygen atoms in total. The van der Waals surface area contributed by atoms with Gasteiger partial charge in [0.1, 0.15) is 12.9 Å². The summed E-state index contributed by atoms with van der Waals surface area (Å²) < 4.78 is 43.9. The Labute approximate surface area is 150 Å². The van der Waals surface area contributed by atoms with E-state index in [9.17, 15) is 22.8 Å². The van der Waals surface area contributed by atoms with Crippen LogP contribution in [0.3, 0.4) is 0 Å². The van der Waals surface area contributed by atoms with E-state index in [1.165, 1.54) is 23.1 Å². The smallest absolute Gasteiger partial charge is 0.416 e. The van der Waals surface area contributed by atoms with Gasteiger partial charge in [-0.2, -0.15) is 13.2 Å². The Morgan fingerprint density at radius 2 is 1.81 bits per heavy atom. The van der Waals surface area contributed by atoms with Gasteiger partial charge in [0.05, 0.1) is 5.56 Å². The van der Waals surface area contributed by atoms with Gasteiger partial charge in [-0.3, -0.25) is 4.90 Å². The zero-order valence-electron chi connectivity index (χ0n) is 14.5. The Morgan fingerprint density at radius 1 is 1.12 bits per heavy atom. The van der Waals surface area contributed by atoms with Crippen LogP contribution in [-0.2, 0) is 22.3 Å². The van der Waals surface area contributed by atoms with Gasteiger partial charge in [-0.1, -0.05) is 18.2 Å². The molecule has 0 atom stereocenters. The highest BCUT2D eigenvalue weighted by molar-refractivity contribution is 5.67. The quantitative estimate of drug-likeness (QED) is 0.544. The molecule has 1 aliphatic heterocycles. The number of amides is 1. The summed E-state index contributed by atoms with van der Waals surface area (Å²) in [6.07, 6.45) is -1.82. The van der Waals surface area contributed by atoms with E-state index in [1.807, 2.05) is 0 Å². The van der Waals surface area contributed by atoms with E-state index in [0.717, 1.165) is 31.7 Å². The molecule has 0 aliphatic carbocycles. The molecule has 1 amide bonds. The van der Waals surface area contributed by atoms with E-state index >= 15 is 0 Å². The van der Waals surface area contributed by atoms with Crippen LogP contribution in [0.25, 0.3) is 0 Å². The first-order valence-corrected chi connectivity index (χ1v) is 8.64. The molecule has 0 saturated carbocycles. The van der Waals surface area contributed by atoms with Crippen LogP contribution in [0, 0.1) is 0 Å². The van der Waals surface area contributed by atoms with E-state index < -0.39 is 24.4 Å². The Kier molecular flexibility index (Phi) is 7.44. The number of alkyl halides is 3. The molecule has 1 fully saturated rings. The summed E-state index contributed by atoms with van der Waals surface area (Å²) >= 11 is 0. The molecule has 1 heterocycles. The van der Waals surface area contributed by atoms with Crippen molar-refractivity contribution in [1.82, 2.24) is 9.80 Å².